The van der Waals surface area contributed by atoms with Crippen molar-refractivity contribution in [3.63, 3.8) is 0 Å². The minimum absolute atomic E-state index is 0.286. The Bertz CT molecular complexity index is 343. The van der Waals surface area contributed by atoms with Crippen LogP contribution in [0.25, 0.3) is 0 Å². The summed E-state index contributed by atoms with van der Waals surface area (Å²) in [5.74, 6) is 1.16. The normalized spacial score (nSPS) is 33.5. The number of hydrogen-bond donors (Lipinski definition) is 0. The number of hydrogen-bond acceptors (Lipinski definition) is 2. The smallest absolute Gasteiger partial charge is 0.0672 e. The summed E-state index contributed by atoms with van der Waals surface area (Å²) >= 11 is 0. The molecule has 0 aromatic heterocycles. The van der Waals surface area contributed by atoms with Gasteiger partial charge in [-0.3, -0.25) is 4.90 Å². The SMILES string of the molecule is CCCC1CCC(C#N)C(N2CCC(CC)(CC)CC2)C1. The van der Waals surface area contributed by atoms with Gasteiger partial charge in [0, 0.05) is 6.04 Å². The summed E-state index contributed by atoms with van der Waals surface area (Å²) in [5, 5.41) is 9.53. The fourth-order valence-corrected chi connectivity index (χ4v) is 4.74. The quantitative estimate of drug-likeness (QED) is 0.712. The summed E-state index contributed by atoms with van der Waals surface area (Å²) in [6.45, 7) is 9.46. The van der Waals surface area contributed by atoms with Gasteiger partial charge in [-0.25, -0.2) is 0 Å². The molecule has 2 aliphatic rings. The van der Waals surface area contributed by atoms with Crippen LogP contribution in [0.4, 0.5) is 0 Å². The molecule has 2 nitrogen and oxygen atoms in total. The lowest BCUT2D eigenvalue weighted by atomic mass is 9.72. The van der Waals surface area contributed by atoms with Gasteiger partial charge in [0.15, 0.2) is 0 Å². The van der Waals surface area contributed by atoms with Crippen LogP contribution in [-0.2, 0) is 0 Å². The number of nitrogens with zero attached hydrogens (tertiary/aromatic N) is 2. The van der Waals surface area contributed by atoms with Gasteiger partial charge in [0.2, 0.25) is 0 Å². The second-order valence-electron chi connectivity index (χ2n) is 7.51. The van der Waals surface area contributed by atoms with Gasteiger partial charge in [-0.15, -0.1) is 0 Å². The molecule has 1 saturated heterocycles. The molecule has 0 bridgehead atoms. The Kier molecular flexibility index (Phi) is 6.11. The molecular formula is C19H34N2. The van der Waals surface area contributed by atoms with Crippen LogP contribution in [0.1, 0.15) is 78.6 Å². The molecule has 2 heteroatoms. The lowest BCUT2D eigenvalue weighted by Gasteiger charge is -2.47. The lowest BCUT2D eigenvalue weighted by molar-refractivity contribution is 0.0287. The van der Waals surface area contributed by atoms with Crippen LogP contribution in [0.5, 0.6) is 0 Å². The monoisotopic (exact) mass is 290 g/mol. The second kappa shape index (κ2) is 7.63. The maximum atomic E-state index is 9.53. The Hall–Kier alpha value is -0.550. The van der Waals surface area contributed by atoms with E-state index in [1.807, 2.05) is 0 Å². The summed E-state index contributed by atoms with van der Waals surface area (Å²) < 4.78 is 0. The third kappa shape index (κ3) is 3.81. The predicted octanol–water partition coefficient (Wildman–Crippen LogP) is 5.00. The average molecular weight is 290 g/mol. The predicted molar refractivity (Wildman–Crippen MR) is 89.0 cm³/mol. The highest BCUT2D eigenvalue weighted by Gasteiger charge is 2.38. The third-order valence-corrected chi connectivity index (χ3v) is 6.62. The van der Waals surface area contributed by atoms with E-state index >= 15 is 0 Å². The van der Waals surface area contributed by atoms with E-state index in [1.54, 1.807) is 0 Å². The molecule has 1 saturated carbocycles. The molecule has 0 amide bonds. The summed E-state index contributed by atoms with van der Waals surface area (Å²) in [5.41, 5.74) is 0.593. The molecular weight excluding hydrogens is 256 g/mol. The molecule has 0 N–H and O–H groups in total. The first-order valence-electron chi connectivity index (χ1n) is 9.31. The van der Waals surface area contributed by atoms with Crippen molar-refractivity contribution in [1.82, 2.24) is 4.90 Å². The largest absolute Gasteiger partial charge is 0.299 e. The minimum Gasteiger partial charge on any atom is -0.299 e. The fraction of sp³-hybridized carbons (Fsp3) is 0.947. The van der Waals surface area contributed by atoms with Crippen molar-refractivity contribution in [1.29, 1.82) is 5.26 Å². The Morgan fingerprint density at radius 3 is 2.29 bits per heavy atom. The molecule has 120 valence electrons. The van der Waals surface area contributed by atoms with Gasteiger partial charge in [-0.1, -0.05) is 46.5 Å². The molecule has 3 atom stereocenters. The highest BCUT2D eigenvalue weighted by molar-refractivity contribution is 4.99. The van der Waals surface area contributed by atoms with Crippen molar-refractivity contribution in [2.75, 3.05) is 13.1 Å². The summed E-state index contributed by atoms with van der Waals surface area (Å²) in [7, 11) is 0. The molecule has 1 heterocycles. The van der Waals surface area contributed by atoms with E-state index < -0.39 is 0 Å². The summed E-state index contributed by atoms with van der Waals surface area (Å²) in [6.07, 6.45) is 11.7. The summed E-state index contributed by atoms with van der Waals surface area (Å²) in [6, 6.07) is 3.17. The first-order chi connectivity index (χ1) is 10.2. The Morgan fingerprint density at radius 2 is 1.76 bits per heavy atom. The molecule has 3 unspecified atom stereocenters. The zero-order chi connectivity index (χ0) is 15.3. The molecule has 1 aliphatic carbocycles. The maximum Gasteiger partial charge on any atom is 0.0672 e. The van der Waals surface area contributed by atoms with Gasteiger partial charge in [0.1, 0.15) is 0 Å². The van der Waals surface area contributed by atoms with E-state index in [1.165, 1.54) is 64.5 Å². The van der Waals surface area contributed by atoms with E-state index in [2.05, 4.69) is 31.7 Å². The average Bonchev–Trinajstić information content (AvgIpc) is 2.55. The van der Waals surface area contributed by atoms with E-state index in [-0.39, 0.29) is 5.92 Å². The molecule has 1 aliphatic heterocycles. The number of rotatable bonds is 5. The van der Waals surface area contributed by atoms with Crippen molar-refractivity contribution >= 4 is 0 Å². The molecule has 2 rings (SSSR count). The highest BCUT2D eigenvalue weighted by atomic mass is 15.2. The van der Waals surface area contributed by atoms with Crippen LogP contribution in [-0.4, -0.2) is 24.0 Å². The topological polar surface area (TPSA) is 27.0 Å². The van der Waals surface area contributed by atoms with Crippen LogP contribution in [0.2, 0.25) is 0 Å². The van der Waals surface area contributed by atoms with Crippen LogP contribution >= 0.6 is 0 Å². The zero-order valence-corrected chi connectivity index (χ0v) is 14.4. The van der Waals surface area contributed by atoms with Gasteiger partial charge in [-0.05, 0) is 56.5 Å². The van der Waals surface area contributed by atoms with Crippen LogP contribution in [0.3, 0.4) is 0 Å². The van der Waals surface area contributed by atoms with Crippen molar-refractivity contribution in [3.05, 3.63) is 0 Å². The number of piperidine rings is 1. The third-order valence-electron chi connectivity index (χ3n) is 6.62. The van der Waals surface area contributed by atoms with Crippen LogP contribution < -0.4 is 0 Å². The zero-order valence-electron chi connectivity index (χ0n) is 14.4. The number of likely N-dealkylation sites (tertiary alicyclic amines) is 1. The van der Waals surface area contributed by atoms with Gasteiger partial charge >= 0.3 is 0 Å². The van der Waals surface area contributed by atoms with Crippen molar-refractivity contribution < 1.29 is 0 Å². The van der Waals surface area contributed by atoms with Crippen LogP contribution in [0, 0.1) is 28.6 Å². The van der Waals surface area contributed by atoms with Gasteiger partial charge in [0.25, 0.3) is 0 Å². The molecule has 21 heavy (non-hydrogen) atoms. The standard InChI is InChI=1S/C19H34N2/c1-4-7-16-8-9-17(15-20)18(14-16)21-12-10-19(5-2,6-3)11-13-21/h16-18H,4-14H2,1-3H3. The number of nitriles is 1. The van der Waals surface area contributed by atoms with Gasteiger partial charge in [0.05, 0.1) is 12.0 Å². The van der Waals surface area contributed by atoms with E-state index in [4.69, 9.17) is 0 Å². The molecule has 0 aromatic carbocycles. The van der Waals surface area contributed by atoms with Crippen molar-refractivity contribution in [2.45, 2.75) is 84.6 Å². The molecule has 0 radical (unpaired) electrons. The molecule has 0 spiro atoms. The van der Waals surface area contributed by atoms with E-state index in [0.29, 0.717) is 11.5 Å². The fourth-order valence-electron chi connectivity index (χ4n) is 4.74. The van der Waals surface area contributed by atoms with Gasteiger partial charge in [-0.2, -0.15) is 5.26 Å². The molecule has 2 fully saturated rings. The second-order valence-corrected chi connectivity index (χ2v) is 7.51. The van der Waals surface area contributed by atoms with E-state index in [9.17, 15) is 5.26 Å². The van der Waals surface area contributed by atoms with Crippen LogP contribution in [0.15, 0.2) is 0 Å². The Balaban J connectivity index is 1.97. The Morgan fingerprint density at radius 1 is 1.10 bits per heavy atom. The highest BCUT2D eigenvalue weighted by Crippen LogP contribution is 2.41. The maximum absolute atomic E-state index is 9.53. The van der Waals surface area contributed by atoms with Gasteiger partial charge < -0.3 is 0 Å². The first kappa shape index (κ1) is 16.8. The summed E-state index contributed by atoms with van der Waals surface area (Å²) in [4.78, 5) is 2.68. The molecule has 0 aromatic rings. The Labute approximate surface area is 131 Å². The van der Waals surface area contributed by atoms with Crippen molar-refractivity contribution in [2.24, 2.45) is 17.3 Å². The lowest BCUT2D eigenvalue weighted by Crippen LogP contribution is -2.49. The minimum atomic E-state index is 0.286. The van der Waals surface area contributed by atoms with E-state index in [0.717, 1.165) is 12.3 Å². The first-order valence-corrected chi connectivity index (χ1v) is 9.31. The van der Waals surface area contributed by atoms with Crippen molar-refractivity contribution in [3.8, 4) is 6.07 Å².